The van der Waals surface area contributed by atoms with E-state index in [0.717, 1.165) is 4.88 Å². The van der Waals surface area contributed by atoms with Crippen molar-refractivity contribution in [3.05, 3.63) is 56.4 Å². The Kier molecular flexibility index (Phi) is 5.99. The lowest BCUT2D eigenvalue weighted by molar-refractivity contribution is -0.115. The van der Waals surface area contributed by atoms with Crippen molar-refractivity contribution in [1.82, 2.24) is 10.2 Å². The number of aromatic nitrogens is 2. The van der Waals surface area contributed by atoms with E-state index in [1.807, 2.05) is 17.5 Å². The average molecular weight is 444 g/mol. The Balaban J connectivity index is 1.54. The maximum atomic E-state index is 13.8. The Morgan fingerprint density at radius 2 is 2.21 bits per heavy atom. The van der Waals surface area contributed by atoms with Crippen molar-refractivity contribution < 1.29 is 9.18 Å². The van der Waals surface area contributed by atoms with E-state index in [0.29, 0.717) is 31.7 Å². The van der Waals surface area contributed by atoms with E-state index in [1.165, 1.54) is 40.5 Å². The van der Waals surface area contributed by atoms with Crippen LogP contribution in [0.3, 0.4) is 0 Å². The van der Waals surface area contributed by atoms with Gasteiger partial charge in [0.05, 0.1) is 6.42 Å². The second-order valence-corrected chi connectivity index (χ2v) is 8.85. The van der Waals surface area contributed by atoms with E-state index >= 15 is 0 Å². The number of hydrogen-bond acceptors (Lipinski definition) is 6. The van der Waals surface area contributed by atoms with Gasteiger partial charge in [0.1, 0.15) is 5.82 Å². The molecule has 0 saturated carbocycles. The molecule has 1 amide bonds. The minimum absolute atomic E-state index is 0.121. The highest BCUT2D eigenvalue weighted by molar-refractivity contribution is 9.10. The predicted octanol–water partition coefficient (Wildman–Crippen LogP) is 4.97. The first-order valence-corrected chi connectivity index (χ1v) is 10.3. The fourth-order valence-electron chi connectivity index (χ4n) is 1.83. The monoisotopic (exact) mass is 443 g/mol. The van der Waals surface area contributed by atoms with Crippen LogP contribution in [0.1, 0.15) is 10.4 Å². The highest BCUT2D eigenvalue weighted by atomic mass is 79.9. The van der Waals surface area contributed by atoms with E-state index in [4.69, 9.17) is 0 Å². The number of thioether (sulfide) groups is 1. The molecule has 2 aromatic heterocycles. The van der Waals surface area contributed by atoms with Crippen molar-refractivity contribution in [1.29, 1.82) is 0 Å². The third-order valence-electron chi connectivity index (χ3n) is 2.93. The molecule has 0 spiro atoms. The molecule has 9 heteroatoms. The van der Waals surface area contributed by atoms with E-state index in [9.17, 15) is 9.18 Å². The summed E-state index contributed by atoms with van der Waals surface area (Å²) in [5, 5.41) is 13.1. The van der Waals surface area contributed by atoms with Crippen LogP contribution >= 0.6 is 50.4 Å². The molecule has 2 heterocycles. The van der Waals surface area contributed by atoms with Gasteiger partial charge in [0.2, 0.25) is 11.0 Å². The van der Waals surface area contributed by atoms with Crippen LogP contribution in [0.25, 0.3) is 0 Å². The number of nitrogens with zero attached hydrogens (tertiary/aromatic N) is 2. The van der Waals surface area contributed by atoms with E-state index in [2.05, 4.69) is 31.4 Å². The maximum Gasteiger partial charge on any atom is 0.231 e. The summed E-state index contributed by atoms with van der Waals surface area (Å²) in [6.45, 7) is 0. The van der Waals surface area contributed by atoms with Gasteiger partial charge in [-0.2, -0.15) is 0 Å². The summed E-state index contributed by atoms with van der Waals surface area (Å²) in [6.07, 6.45) is 0.323. The van der Waals surface area contributed by atoms with Crippen molar-refractivity contribution in [3.8, 4) is 0 Å². The molecule has 0 aliphatic carbocycles. The van der Waals surface area contributed by atoms with Gasteiger partial charge in [0.25, 0.3) is 0 Å². The quantitative estimate of drug-likeness (QED) is 0.431. The largest absolute Gasteiger partial charge is 0.300 e. The summed E-state index contributed by atoms with van der Waals surface area (Å²) in [6, 6.07) is 8.80. The highest BCUT2D eigenvalue weighted by Crippen LogP contribution is 2.29. The van der Waals surface area contributed by atoms with Gasteiger partial charge in [-0.05, 0) is 29.1 Å². The van der Waals surface area contributed by atoms with E-state index in [-0.39, 0.29) is 11.7 Å². The molecule has 3 rings (SSSR count). The van der Waals surface area contributed by atoms with Crippen molar-refractivity contribution in [2.45, 2.75) is 16.5 Å². The van der Waals surface area contributed by atoms with Crippen LogP contribution in [0.2, 0.25) is 0 Å². The topological polar surface area (TPSA) is 54.9 Å². The van der Waals surface area contributed by atoms with Gasteiger partial charge in [0.15, 0.2) is 4.34 Å². The molecule has 124 valence electrons. The number of carbonyl (C=O) groups is 1. The third-order valence-corrected chi connectivity index (χ3v) is 6.32. The number of amides is 1. The molecule has 0 aliphatic heterocycles. The van der Waals surface area contributed by atoms with Gasteiger partial charge in [0, 0.05) is 15.1 Å². The number of rotatable bonds is 6. The zero-order valence-corrected chi connectivity index (χ0v) is 16.2. The van der Waals surface area contributed by atoms with E-state index < -0.39 is 0 Å². The first-order chi connectivity index (χ1) is 11.6. The zero-order valence-electron chi connectivity index (χ0n) is 12.2. The van der Waals surface area contributed by atoms with Crippen molar-refractivity contribution in [3.63, 3.8) is 0 Å². The first-order valence-electron chi connectivity index (χ1n) is 6.82. The summed E-state index contributed by atoms with van der Waals surface area (Å²) in [5.41, 5.74) is 0.599. The predicted molar refractivity (Wildman–Crippen MR) is 100 cm³/mol. The summed E-state index contributed by atoms with van der Waals surface area (Å²) in [7, 11) is 0. The number of carbonyl (C=O) groups excluding carboxylic acids is 1. The van der Waals surface area contributed by atoms with Crippen LogP contribution in [-0.4, -0.2) is 16.1 Å². The summed E-state index contributed by atoms with van der Waals surface area (Å²) in [5.74, 6) is 0.0756. The molecule has 24 heavy (non-hydrogen) atoms. The van der Waals surface area contributed by atoms with Crippen LogP contribution in [-0.2, 0) is 17.0 Å². The average Bonchev–Trinajstić information content (AvgIpc) is 3.18. The number of nitrogens with one attached hydrogen (secondary N) is 1. The van der Waals surface area contributed by atoms with Crippen molar-refractivity contribution in [2.75, 3.05) is 5.32 Å². The minimum atomic E-state index is -0.258. The Bertz CT molecular complexity index is 838. The molecule has 4 nitrogen and oxygen atoms in total. The Labute approximate surface area is 158 Å². The summed E-state index contributed by atoms with van der Waals surface area (Å²) >= 11 is 7.44. The highest BCUT2D eigenvalue weighted by Gasteiger charge is 2.11. The van der Waals surface area contributed by atoms with Crippen LogP contribution < -0.4 is 5.32 Å². The van der Waals surface area contributed by atoms with Crippen LogP contribution in [0.15, 0.2) is 44.5 Å². The Hall–Kier alpha value is -1.29. The van der Waals surface area contributed by atoms with Gasteiger partial charge < -0.3 is 5.32 Å². The molecule has 0 fully saturated rings. The molecule has 3 aromatic rings. The third kappa shape index (κ3) is 4.85. The Morgan fingerprint density at radius 3 is 2.96 bits per heavy atom. The number of anilines is 1. The van der Waals surface area contributed by atoms with Gasteiger partial charge >= 0.3 is 0 Å². The Morgan fingerprint density at radius 1 is 1.33 bits per heavy atom. The smallest absolute Gasteiger partial charge is 0.231 e. The number of halogens is 2. The summed E-state index contributed by atoms with van der Waals surface area (Å²) in [4.78, 5) is 12.9. The van der Waals surface area contributed by atoms with Crippen LogP contribution in [0.4, 0.5) is 9.52 Å². The molecule has 0 aliphatic rings. The SMILES string of the molecule is O=C(Cc1cccs1)Nc1nnc(SCc2ccc(Br)cc2F)s1. The normalized spacial score (nSPS) is 10.8. The lowest BCUT2D eigenvalue weighted by Gasteiger charge is -2.01. The van der Waals surface area contributed by atoms with Gasteiger partial charge in [-0.3, -0.25) is 4.79 Å². The molecular weight excluding hydrogens is 433 g/mol. The van der Waals surface area contributed by atoms with Crippen molar-refractivity contribution in [2.24, 2.45) is 0 Å². The molecule has 1 aromatic carbocycles. The molecule has 0 saturated heterocycles. The number of benzene rings is 1. The van der Waals surface area contributed by atoms with E-state index in [1.54, 1.807) is 12.1 Å². The fraction of sp³-hybridized carbons (Fsp3) is 0.133. The second kappa shape index (κ2) is 8.19. The lowest BCUT2D eigenvalue weighted by atomic mass is 10.2. The molecule has 0 bridgehead atoms. The molecule has 0 atom stereocenters. The molecule has 0 radical (unpaired) electrons. The lowest BCUT2D eigenvalue weighted by Crippen LogP contribution is -2.13. The molecular formula is C15H11BrFN3OS3. The zero-order chi connectivity index (χ0) is 16.9. The fourth-order valence-corrected chi connectivity index (χ4v) is 4.62. The molecule has 0 unspecified atom stereocenters. The number of hydrogen-bond donors (Lipinski definition) is 1. The van der Waals surface area contributed by atoms with Gasteiger partial charge in [-0.15, -0.1) is 21.5 Å². The molecule has 1 N–H and O–H groups in total. The second-order valence-electron chi connectivity index (χ2n) is 4.70. The maximum absolute atomic E-state index is 13.8. The summed E-state index contributed by atoms with van der Waals surface area (Å²) < 4.78 is 15.2. The van der Waals surface area contributed by atoms with Crippen molar-refractivity contribution >= 4 is 61.4 Å². The standard InChI is InChI=1S/C15H11BrFN3OS3/c16-10-4-3-9(12(17)6-10)8-23-15-20-19-14(24-15)18-13(21)7-11-2-1-5-22-11/h1-6H,7-8H2,(H,18,19,21). The van der Waals surface area contributed by atoms with Gasteiger partial charge in [-0.25, -0.2) is 4.39 Å². The minimum Gasteiger partial charge on any atom is -0.300 e. The first kappa shape index (κ1) is 17.5. The van der Waals surface area contributed by atoms with Gasteiger partial charge in [-0.1, -0.05) is 51.2 Å². The number of thiophene rings is 1. The van der Waals surface area contributed by atoms with Crippen LogP contribution in [0.5, 0.6) is 0 Å². The van der Waals surface area contributed by atoms with Crippen LogP contribution in [0, 0.1) is 5.82 Å².